The van der Waals surface area contributed by atoms with Gasteiger partial charge in [-0.3, -0.25) is 5.10 Å². The minimum Gasteiger partial charge on any atom is -0.339 e. The van der Waals surface area contributed by atoms with Crippen molar-refractivity contribution in [3.8, 4) is 11.4 Å². The maximum absolute atomic E-state index is 4.36. The molecule has 22 heavy (non-hydrogen) atoms. The third kappa shape index (κ3) is 1.99. The molecule has 0 aliphatic carbocycles. The van der Waals surface area contributed by atoms with Crippen LogP contribution < -0.4 is 5.32 Å². The van der Waals surface area contributed by atoms with Gasteiger partial charge in [0.2, 0.25) is 0 Å². The summed E-state index contributed by atoms with van der Waals surface area (Å²) in [4.78, 5) is 12.9. The molecule has 7 nitrogen and oxygen atoms in total. The van der Waals surface area contributed by atoms with Gasteiger partial charge in [0.05, 0.1) is 11.1 Å². The first kappa shape index (κ1) is 12.5. The highest BCUT2D eigenvalue weighted by atomic mass is 15.2. The molecule has 1 aromatic carbocycles. The predicted octanol–water partition coefficient (Wildman–Crippen LogP) is 2.50. The number of aromatic amines is 1. The van der Waals surface area contributed by atoms with Crippen molar-refractivity contribution in [1.82, 2.24) is 29.7 Å². The van der Waals surface area contributed by atoms with Gasteiger partial charge in [-0.1, -0.05) is 12.1 Å². The Morgan fingerprint density at radius 2 is 1.95 bits per heavy atom. The monoisotopic (exact) mass is 291 g/mol. The largest absolute Gasteiger partial charge is 0.339 e. The molecule has 3 heterocycles. The van der Waals surface area contributed by atoms with Gasteiger partial charge in [0.25, 0.3) is 0 Å². The zero-order valence-electron chi connectivity index (χ0n) is 11.9. The molecule has 0 unspecified atom stereocenters. The smallest absolute Gasteiger partial charge is 0.157 e. The molecule has 0 aliphatic heterocycles. The van der Waals surface area contributed by atoms with Crippen LogP contribution >= 0.6 is 0 Å². The summed E-state index contributed by atoms with van der Waals surface area (Å²) in [5.41, 5.74) is 2.72. The van der Waals surface area contributed by atoms with Crippen LogP contribution in [0.25, 0.3) is 22.4 Å². The maximum atomic E-state index is 4.36. The molecule has 0 saturated carbocycles. The van der Waals surface area contributed by atoms with Crippen LogP contribution in [0.3, 0.4) is 0 Å². The topological polar surface area (TPSA) is 84.3 Å². The van der Waals surface area contributed by atoms with Crippen molar-refractivity contribution in [2.45, 2.75) is 0 Å². The van der Waals surface area contributed by atoms with Crippen molar-refractivity contribution in [3.63, 3.8) is 0 Å². The van der Waals surface area contributed by atoms with E-state index in [-0.39, 0.29) is 0 Å². The van der Waals surface area contributed by atoms with Crippen LogP contribution in [0.2, 0.25) is 0 Å². The first-order chi connectivity index (χ1) is 10.8. The number of H-pyrrole nitrogens is 1. The molecule has 108 valence electrons. The van der Waals surface area contributed by atoms with Crippen LogP contribution in [-0.2, 0) is 7.05 Å². The molecule has 0 aliphatic rings. The number of fused-ring (bicyclic) bond motifs is 1. The number of para-hydroxylation sites is 1. The van der Waals surface area contributed by atoms with E-state index >= 15 is 0 Å². The van der Waals surface area contributed by atoms with E-state index in [0.717, 1.165) is 28.1 Å². The molecule has 0 atom stereocenters. The molecule has 0 spiro atoms. The molecule has 4 aromatic rings. The number of nitrogens with one attached hydrogen (secondary N) is 2. The standard InChI is InChI=1S/C15H13N7/c1-22-7-6-11-13(16-8-18-15(11)22)20-12-5-3-2-4-10(12)14-17-9-19-21-14/h2-9H,1H3,(H,16,18,20)(H,17,19,21). The maximum Gasteiger partial charge on any atom is 0.157 e. The Bertz CT molecular complexity index is 924. The van der Waals surface area contributed by atoms with Gasteiger partial charge in [0.1, 0.15) is 24.1 Å². The average molecular weight is 291 g/mol. The summed E-state index contributed by atoms with van der Waals surface area (Å²) in [5.74, 6) is 1.47. The molecule has 0 saturated heterocycles. The molecule has 0 amide bonds. The van der Waals surface area contributed by atoms with Gasteiger partial charge in [-0.15, -0.1) is 0 Å². The average Bonchev–Trinajstić information content (AvgIpc) is 3.19. The quantitative estimate of drug-likeness (QED) is 0.606. The molecule has 4 rings (SSSR count). The van der Waals surface area contributed by atoms with E-state index in [1.54, 1.807) is 6.33 Å². The second-order valence-electron chi connectivity index (χ2n) is 4.89. The van der Waals surface area contributed by atoms with Crippen LogP contribution in [0.1, 0.15) is 0 Å². The Morgan fingerprint density at radius 3 is 2.82 bits per heavy atom. The molecule has 2 N–H and O–H groups in total. The fraction of sp³-hybridized carbons (Fsp3) is 0.0667. The van der Waals surface area contributed by atoms with E-state index < -0.39 is 0 Å². The van der Waals surface area contributed by atoms with Crippen LogP contribution in [0.5, 0.6) is 0 Å². The van der Waals surface area contributed by atoms with Crippen molar-refractivity contribution in [2.75, 3.05) is 5.32 Å². The van der Waals surface area contributed by atoms with Gasteiger partial charge in [-0.25, -0.2) is 15.0 Å². The molecule has 3 aromatic heterocycles. The van der Waals surface area contributed by atoms with Crippen LogP contribution in [0.4, 0.5) is 11.5 Å². The third-order valence-electron chi connectivity index (χ3n) is 3.51. The number of rotatable bonds is 3. The molecule has 0 radical (unpaired) electrons. The second kappa shape index (κ2) is 4.96. The first-order valence-electron chi connectivity index (χ1n) is 6.81. The Kier molecular flexibility index (Phi) is 2.82. The summed E-state index contributed by atoms with van der Waals surface area (Å²) in [6.07, 6.45) is 5.01. The summed E-state index contributed by atoms with van der Waals surface area (Å²) >= 11 is 0. The molecule has 0 bridgehead atoms. The highest BCUT2D eigenvalue weighted by molar-refractivity contribution is 5.91. The number of aromatic nitrogens is 6. The van der Waals surface area contributed by atoms with Gasteiger partial charge in [0.15, 0.2) is 5.82 Å². The van der Waals surface area contributed by atoms with Crippen LogP contribution in [0.15, 0.2) is 49.2 Å². The van der Waals surface area contributed by atoms with Crippen molar-refractivity contribution < 1.29 is 0 Å². The van der Waals surface area contributed by atoms with Crippen molar-refractivity contribution in [3.05, 3.63) is 49.2 Å². The molecule has 0 fully saturated rings. The number of benzene rings is 1. The number of hydrogen-bond donors (Lipinski definition) is 2. The Morgan fingerprint density at radius 1 is 1.05 bits per heavy atom. The minimum absolute atomic E-state index is 0.710. The summed E-state index contributed by atoms with van der Waals surface area (Å²) in [6.45, 7) is 0. The predicted molar refractivity (Wildman–Crippen MR) is 83.6 cm³/mol. The SMILES string of the molecule is Cn1ccc2c(Nc3ccccc3-c3ncn[nH]3)ncnc21. The lowest BCUT2D eigenvalue weighted by atomic mass is 10.1. The van der Waals surface area contributed by atoms with Gasteiger partial charge < -0.3 is 9.88 Å². The van der Waals surface area contributed by atoms with Gasteiger partial charge in [0, 0.05) is 18.8 Å². The van der Waals surface area contributed by atoms with Crippen LogP contribution in [-0.4, -0.2) is 29.7 Å². The molecular formula is C15H13N7. The lowest BCUT2D eigenvalue weighted by Gasteiger charge is -2.10. The number of nitrogens with zero attached hydrogens (tertiary/aromatic N) is 5. The lowest BCUT2D eigenvalue weighted by Crippen LogP contribution is -1.98. The summed E-state index contributed by atoms with van der Waals surface area (Å²) < 4.78 is 1.96. The summed E-state index contributed by atoms with van der Waals surface area (Å²) in [6, 6.07) is 9.88. The van der Waals surface area contributed by atoms with E-state index in [1.165, 1.54) is 6.33 Å². The Hall–Kier alpha value is -3.22. The van der Waals surface area contributed by atoms with E-state index in [0.29, 0.717) is 5.82 Å². The zero-order chi connectivity index (χ0) is 14.9. The van der Waals surface area contributed by atoms with Gasteiger partial charge in [-0.2, -0.15) is 5.10 Å². The normalized spacial score (nSPS) is 11.0. The van der Waals surface area contributed by atoms with E-state index in [1.807, 2.05) is 48.1 Å². The summed E-state index contributed by atoms with van der Waals surface area (Å²) in [7, 11) is 1.96. The lowest BCUT2D eigenvalue weighted by molar-refractivity contribution is 0.944. The number of aryl methyl sites for hydroxylation is 1. The molecule has 7 heteroatoms. The second-order valence-corrected chi connectivity index (χ2v) is 4.89. The highest BCUT2D eigenvalue weighted by Crippen LogP contribution is 2.29. The van der Waals surface area contributed by atoms with Gasteiger partial charge >= 0.3 is 0 Å². The van der Waals surface area contributed by atoms with E-state index in [2.05, 4.69) is 30.5 Å². The fourth-order valence-electron chi connectivity index (χ4n) is 2.44. The van der Waals surface area contributed by atoms with E-state index in [4.69, 9.17) is 0 Å². The minimum atomic E-state index is 0.710. The first-order valence-corrected chi connectivity index (χ1v) is 6.81. The van der Waals surface area contributed by atoms with Gasteiger partial charge in [-0.05, 0) is 18.2 Å². The van der Waals surface area contributed by atoms with Crippen molar-refractivity contribution in [1.29, 1.82) is 0 Å². The van der Waals surface area contributed by atoms with E-state index in [9.17, 15) is 0 Å². The van der Waals surface area contributed by atoms with Crippen molar-refractivity contribution in [2.24, 2.45) is 7.05 Å². The zero-order valence-corrected chi connectivity index (χ0v) is 11.9. The fourth-order valence-corrected chi connectivity index (χ4v) is 2.44. The van der Waals surface area contributed by atoms with Crippen LogP contribution in [0, 0.1) is 0 Å². The van der Waals surface area contributed by atoms with Crippen molar-refractivity contribution >= 4 is 22.5 Å². The molecular weight excluding hydrogens is 278 g/mol. The Labute approximate surface area is 126 Å². The highest BCUT2D eigenvalue weighted by Gasteiger charge is 2.11. The third-order valence-corrected chi connectivity index (χ3v) is 3.51. The number of hydrogen-bond acceptors (Lipinski definition) is 5. The Balaban J connectivity index is 1.81. The summed E-state index contributed by atoms with van der Waals surface area (Å²) in [5, 5.41) is 11.1. The number of anilines is 2.